The molecule has 0 unspecified atom stereocenters. The van der Waals surface area contributed by atoms with Crippen LogP contribution in [0.4, 0.5) is 9.59 Å². The number of hydrogen-bond donors (Lipinski definition) is 3. The van der Waals surface area contributed by atoms with Crippen LogP contribution in [0.25, 0.3) is 5.57 Å². The third kappa shape index (κ3) is 6.52. The summed E-state index contributed by atoms with van der Waals surface area (Å²) in [4.78, 5) is 66.2. The second-order valence-corrected chi connectivity index (χ2v) is 9.59. The number of amides is 2. The van der Waals surface area contributed by atoms with Crippen LogP contribution in [0.5, 0.6) is 0 Å². The Kier molecular flexibility index (Phi) is 8.75. The molecule has 2 amide bonds. The summed E-state index contributed by atoms with van der Waals surface area (Å²) in [6.07, 6.45) is -0.0209. The van der Waals surface area contributed by atoms with Gasteiger partial charge in [0, 0.05) is 31.7 Å². The fourth-order valence-electron chi connectivity index (χ4n) is 4.06. The van der Waals surface area contributed by atoms with Crippen LogP contribution in [0.3, 0.4) is 0 Å². The summed E-state index contributed by atoms with van der Waals surface area (Å²) in [5.41, 5.74) is 2.95. The molecule has 0 saturated carbocycles. The highest BCUT2D eigenvalue weighted by Gasteiger charge is 2.48. The van der Waals surface area contributed by atoms with Crippen molar-refractivity contribution in [1.82, 2.24) is 9.80 Å². The van der Waals surface area contributed by atoms with Gasteiger partial charge in [-0.15, -0.1) is 0 Å². The van der Waals surface area contributed by atoms with Crippen molar-refractivity contribution in [2.75, 3.05) is 26.2 Å². The third-order valence-electron chi connectivity index (χ3n) is 5.93. The van der Waals surface area contributed by atoms with Crippen LogP contribution < -0.4 is 0 Å². The van der Waals surface area contributed by atoms with E-state index in [0.29, 0.717) is 31.5 Å². The standard InChI is InChI=1S/C25H30N2O7P/c1-3-26(4-2)23(28)21-12-10-19(11-13-21)22(18-8-6-5-7-9-18)20-14-16-27(17-15-20)24(29)34-25(30)35(31,32)33/h5-13,31-33H,3-4,14-17H2,1-2H3/q+1. The molecule has 0 bridgehead atoms. The molecule has 0 radical (unpaired) electrons. The molecule has 10 heteroatoms. The van der Waals surface area contributed by atoms with E-state index < -0.39 is 19.7 Å². The maximum atomic E-state index is 12.7. The predicted molar refractivity (Wildman–Crippen MR) is 132 cm³/mol. The summed E-state index contributed by atoms with van der Waals surface area (Å²) in [6, 6.07) is 17.3. The Bertz CT molecular complexity index is 1080. The van der Waals surface area contributed by atoms with Gasteiger partial charge in [0.05, 0.1) is 0 Å². The number of benzene rings is 2. The predicted octanol–water partition coefficient (Wildman–Crippen LogP) is 4.06. The topological polar surface area (TPSA) is 128 Å². The number of piperidine rings is 1. The Hall–Kier alpha value is -3.10. The van der Waals surface area contributed by atoms with Gasteiger partial charge in [0.2, 0.25) is 0 Å². The lowest BCUT2D eigenvalue weighted by Gasteiger charge is -2.29. The number of hydrogen-bond acceptors (Lipinski definition) is 7. The number of rotatable bonds is 6. The fourth-order valence-corrected chi connectivity index (χ4v) is 4.26. The van der Waals surface area contributed by atoms with Crippen molar-refractivity contribution in [2.24, 2.45) is 0 Å². The first-order valence-electron chi connectivity index (χ1n) is 11.4. The SMILES string of the molecule is CCN(CC)C(=O)c1ccc(C(=C2CCN(C(=O)OC(=O)[P+](O)(O)O)CC2)c2ccccc2)cc1. The van der Waals surface area contributed by atoms with Gasteiger partial charge in [0.1, 0.15) is 0 Å². The lowest BCUT2D eigenvalue weighted by atomic mass is 9.88. The zero-order valence-electron chi connectivity index (χ0n) is 19.8. The van der Waals surface area contributed by atoms with Crippen molar-refractivity contribution < 1.29 is 33.8 Å². The molecule has 3 rings (SSSR count). The summed E-state index contributed by atoms with van der Waals surface area (Å²) >= 11 is 0. The number of carbonyl (C=O) groups excluding carboxylic acids is 3. The highest BCUT2D eigenvalue weighted by molar-refractivity contribution is 7.75. The van der Waals surface area contributed by atoms with E-state index >= 15 is 0 Å². The van der Waals surface area contributed by atoms with Crippen LogP contribution in [-0.2, 0) is 4.74 Å². The van der Waals surface area contributed by atoms with Crippen molar-refractivity contribution >= 4 is 31.2 Å². The Morgan fingerprint density at radius 2 is 1.37 bits per heavy atom. The zero-order chi connectivity index (χ0) is 25.6. The molecule has 1 saturated heterocycles. The van der Waals surface area contributed by atoms with E-state index in [9.17, 15) is 14.4 Å². The lowest BCUT2D eigenvalue weighted by molar-refractivity contribution is 0.0773. The van der Waals surface area contributed by atoms with Gasteiger partial charge in [0.15, 0.2) is 0 Å². The van der Waals surface area contributed by atoms with Gasteiger partial charge in [-0.05, 0) is 55.5 Å². The highest BCUT2D eigenvalue weighted by Crippen LogP contribution is 2.46. The Labute approximate surface area is 204 Å². The van der Waals surface area contributed by atoms with E-state index in [1.54, 1.807) is 4.90 Å². The van der Waals surface area contributed by atoms with Crippen LogP contribution in [0, 0.1) is 0 Å². The molecule has 0 atom stereocenters. The van der Waals surface area contributed by atoms with Crippen molar-refractivity contribution in [1.29, 1.82) is 0 Å². The van der Waals surface area contributed by atoms with E-state index in [1.807, 2.05) is 68.4 Å². The highest BCUT2D eigenvalue weighted by atomic mass is 31.2. The summed E-state index contributed by atoms with van der Waals surface area (Å²) in [5.74, 6) is -0.0167. The van der Waals surface area contributed by atoms with Gasteiger partial charge in [0.25, 0.3) is 5.91 Å². The quantitative estimate of drug-likeness (QED) is 0.402. The van der Waals surface area contributed by atoms with E-state index in [-0.39, 0.29) is 19.0 Å². The smallest absolute Gasteiger partial charge is 0.339 e. The second-order valence-electron chi connectivity index (χ2n) is 8.09. The molecule has 1 aliphatic heterocycles. The number of likely N-dealkylation sites (tertiary alicyclic amines) is 1. The molecule has 35 heavy (non-hydrogen) atoms. The third-order valence-corrected chi connectivity index (χ3v) is 6.51. The summed E-state index contributed by atoms with van der Waals surface area (Å²) in [6.45, 7) is 5.67. The van der Waals surface area contributed by atoms with Crippen LogP contribution in [0.2, 0.25) is 0 Å². The van der Waals surface area contributed by atoms with Gasteiger partial charge in [-0.3, -0.25) is 4.79 Å². The minimum Gasteiger partial charge on any atom is -0.339 e. The fraction of sp³-hybridized carbons (Fsp3) is 0.320. The van der Waals surface area contributed by atoms with Crippen molar-refractivity contribution in [3.8, 4) is 0 Å². The minimum absolute atomic E-state index is 0.0167. The Balaban J connectivity index is 1.84. The maximum absolute atomic E-state index is 12.7. The molecule has 2 aromatic carbocycles. The minimum atomic E-state index is -4.89. The van der Waals surface area contributed by atoms with E-state index in [0.717, 1.165) is 22.3 Å². The average Bonchev–Trinajstić information content (AvgIpc) is 2.86. The van der Waals surface area contributed by atoms with Crippen LogP contribution in [0.1, 0.15) is 48.2 Å². The maximum Gasteiger partial charge on any atom is 0.554 e. The molecule has 0 aromatic heterocycles. The molecule has 186 valence electrons. The average molecular weight is 501 g/mol. The molecule has 3 N–H and O–H groups in total. The summed E-state index contributed by atoms with van der Waals surface area (Å²) < 4.78 is 4.39. The van der Waals surface area contributed by atoms with Gasteiger partial charge < -0.3 is 14.5 Å². The van der Waals surface area contributed by atoms with E-state index in [1.165, 1.54) is 4.90 Å². The molecule has 1 aliphatic rings. The molecular formula is C25H30N2O7P+. The van der Waals surface area contributed by atoms with Crippen molar-refractivity contribution in [3.05, 3.63) is 76.9 Å². The number of ether oxygens (including phenoxy) is 1. The molecular weight excluding hydrogens is 471 g/mol. The Morgan fingerprint density at radius 1 is 0.857 bits per heavy atom. The number of nitrogens with zero attached hydrogens (tertiary/aromatic N) is 2. The molecule has 0 aliphatic carbocycles. The van der Waals surface area contributed by atoms with Crippen LogP contribution in [-0.4, -0.2) is 68.4 Å². The molecule has 2 aromatic rings. The van der Waals surface area contributed by atoms with E-state index in [2.05, 4.69) is 4.74 Å². The first kappa shape index (κ1) is 26.5. The monoisotopic (exact) mass is 501 g/mol. The van der Waals surface area contributed by atoms with Gasteiger partial charge in [-0.1, -0.05) is 48.0 Å². The first-order valence-corrected chi connectivity index (χ1v) is 13.1. The van der Waals surface area contributed by atoms with Gasteiger partial charge in [-0.25, -0.2) is 4.79 Å². The Morgan fingerprint density at radius 3 is 1.89 bits per heavy atom. The van der Waals surface area contributed by atoms with Gasteiger partial charge >= 0.3 is 19.7 Å². The van der Waals surface area contributed by atoms with E-state index in [4.69, 9.17) is 14.7 Å². The largest absolute Gasteiger partial charge is 0.554 e. The molecule has 9 nitrogen and oxygen atoms in total. The second kappa shape index (κ2) is 11.6. The lowest BCUT2D eigenvalue weighted by Crippen LogP contribution is -2.38. The van der Waals surface area contributed by atoms with Crippen LogP contribution >= 0.6 is 7.94 Å². The first-order chi connectivity index (χ1) is 16.7. The molecule has 1 fully saturated rings. The van der Waals surface area contributed by atoms with Crippen molar-refractivity contribution in [3.63, 3.8) is 0 Å². The number of carbonyl (C=O) groups is 3. The van der Waals surface area contributed by atoms with Crippen molar-refractivity contribution in [2.45, 2.75) is 26.7 Å². The van der Waals surface area contributed by atoms with Crippen LogP contribution in [0.15, 0.2) is 60.2 Å². The molecule has 0 spiro atoms. The normalized spacial score (nSPS) is 13.9. The van der Waals surface area contributed by atoms with Gasteiger partial charge in [-0.2, -0.15) is 19.5 Å². The summed E-state index contributed by atoms with van der Waals surface area (Å²) in [5, 5.41) is 0. The molecule has 1 heterocycles. The summed E-state index contributed by atoms with van der Waals surface area (Å²) in [7, 11) is -4.89. The zero-order valence-corrected chi connectivity index (χ0v) is 20.6.